The maximum Gasteiger partial charge on any atom is 0.159 e. The van der Waals surface area contributed by atoms with Crippen LogP contribution in [-0.2, 0) is 6.42 Å². The first kappa shape index (κ1) is 30.3. The highest BCUT2D eigenvalue weighted by Gasteiger charge is 2.11. The van der Waals surface area contributed by atoms with E-state index in [4.69, 9.17) is 4.74 Å². The van der Waals surface area contributed by atoms with Crippen LogP contribution in [0.1, 0.15) is 123 Å². The normalized spacial score (nSPS) is 13.0. The Hall–Kier alpha value is -1.97. The van der Waals surface area contributed by atoms with Crippen LogP contribution in [0.3, 0.4) is 0 Å². The second-order valence-electron chi connectivity index (χ2n) is 10.6. The van der Waals surface area contributed by atoms with Crippen molar-refractivity contribution in [3.63, 3.8) is 0 Å². The number of aryl methyl sites for hydroxylation is 1. The molecule has 0 N–H and O–H groups in total. The van der Waals surface area contributed by atoms with Gasteiger partial charge in [-0.1, -0.05) is 97.8 Å². The van der Waals surface area contributed by atoms with Crippen LogP contribution in [0.2, 0.25) is 0 Å². The largest absolute Gasteiger partial charge is 0.491 e. The Labute approximate surface area is 220 Å². The fraction of sp³-hybridized carbons (Fsp3) is 0.688. The van der Waals surface area contributed by atoms with Crippen LogP contribution >= 0.6 is 0 Å². The van der Waals surface area contributed by atoms with Gasteiger partial charge in [-0.15, -0.1) is 0 Å². The minimum Gasteiger partial charge on any atom is -0.491 e. The molecule has 1 aromatic heterocycles. The first-order valence-corrected chi connectivity index (χ1v) is 14.8. The zero-order valence-electron chi connectivity index (χ0n) is 23.3. The Morgan fingerprint density at radius 1 is 0.722 bits per heavy atom. The number of hydrogen-bond acceptors (Lipinski definition) is 3. The number of rotatable bonds is 21. The predicted molar refractivity (Wildman–Crippen MR) is 151 cm³/mol. The minimum absolute atomic E-state index is 0.115. The third kappa shape index (κ3) is 13.4. The highest BCUT2D eigenvalue weighted by atomic mass is 19.1. The molecule has 202 valence electrons. The quantitative estimate of drug-likeness (QED) is 0.161. The fourth-order valence-electron chi connectivity index (χ4n) is 4.58. The van der Waals surface area contributed by atoms with Gasteiger partial charge in [-0.05, 0) is 61.4 Å². The van der Waals surface area contributed by atoms with Crippen LogP contribution in [0.4, 0.5) is 4.39 Å². The zero-order valence-corrected chi connectivity index (χ0v) is 23.3. The van der Waals surface area contributed by atoms with Gasteiger partial charge in [0.2, 0.25) is 0 Å². The Morgan fingerprint density at radius 3 is 1.92 bits per heavy atom. The molecule has 2 unspecified atom stereocenters. The Balaban J connectivity index is 1.62. The Bertz CT molecular complexity index is 778. The SMILES string of the molecule is CCCCCCCCCCCCc1cnc(-c2ccc(OCC(F)CCC(C)CCCC)cc2)nc1. The van der Waals surface area contributed by atoms with Crippen LogP contribution in [0, 0.1) is 5.92 Å². The van der Waals surface area contributed by atoms with Gasteiger partial charge in [0, 0.05) is 18.0 Å². The molecule has 2 aromatic rings. The van der Waals surface area contributed by atoms with Crippen LogP contribution < -0.4 is 4.74 Å². The molecule has 0 amide bonds. The van der Waals surface area contributed by atoms with Crippen LogP contribution in [0.15, 0.2) is 36.7 Å². The standard InChI is InChI=1S/C32H51FN2O/c1-4-6-8-9-10-11-12-13-14-15-17-28-24-34-32(35-25-28)29-19-22-31(23-20-29)36-26-30(33)21-18-27(3)16-7-5-2/h19-20,22-25,27,30H,4-18,21,26H2,1-3H3. The van der Waals surface area contributed by atoms with Gasteiger partial charge >= 0.3 is 0 Å². The predicted octanol–water partition coefficient (Wildman–Crippen LogP) is 9.93. The number of unbranched alkanes of at least 4 members (excludes halogenated alkanes) is 10. The molecule has 2 atom stereocenters. The van der Waals surface area contributed by atoms with Gasteiger partial charge in [0.1, 0.15) is 18.5 Å². The van der Waals surface area contributed by atoms with Crippen LogP contribution in [0.5, 0.6) is 5.75 Å². The summed E-state index contributed by atoms with van der Waals surface area (Å²) in [6.45, 7) is 6.80. The number of alkyl halides is 1. The molecule has 3 nitrogen and oxygen atoms in total. The van der Waals surface area contributed by atoms with Gasteiger partial charge in [-0.3, -0.25) is 0 Å². The third-order valence-electron chi connectivity index (χ3n) is 7.09. The average Bonchev–Trinajstić information content (AvgIpc) is 2.91. The number of benzene rings is 1. The lowest BCUT2D eigenvalue weighted by Crippen LogP contribution is -2.14. The summed E-state index contributed by atoms with van der Waals surface area (Å²) in [5.74, 6) is 2.00. The smallest absolute Gasteiger partial charge is 0.159 e. The molecule has 1 heterocycles. The van der Waals surface area contributed by atoms with Crippen LogP contribution in [-0.4, -0.2) is 22.7 Å². The van der Waals surface area contributed by atoms with E-state index < -0.39 is 6.17 Å². The molecule has 0 aliphatic heterocycles. The van der Waals surface area contributed by atoms with E-state index in [-0.39, 0.29) is 6.61 Å². The van der Waals surface area contributed by atoms with Crippen molar-refractivity contribution in [2.45, 2.75) is 130 Å². The van der Waals surface area contributed by atoms with E-state index in [0.29, 0.717) is 18.1 Å². The molecule has 0 aliphatic carbocycles. The van der Waals surface area contributed by atoms with E-state index in [1.807, 2.05) is 36.7 Å². The van der Waals surface area contributed by atoms with E-state index in [9.17, 15) is 4.39 Å². The van der Waals surface area contributed by atoms with Gasteiger partial charge in [0.05, 0.1) is 0 Å². The van der Waals surface area contributed by atoms with E-state index in [1.54, 1.807) is 0 Å². The maximum atomic E-state index is 14.2. The summed E-state index contributed by atoms with van der Waals surface area (Å²) >= 11 is 0. The summed E-state index contributed by atoms with van der Waals surface area (Å²) in [5.41, 5.74) is 2.16. The highest BCUT2D eigenvalue weighted by Crippen LogP contribution is 2.21. The molecule has 0 aliphatic rings. The van der Waals surface area contributed by atoms with Crippen LogP contribution in [0.25, 0.3) is 11.4 Å². The number of aromatic nitrogens is 2. The number of halogens is 1. The van der Waals surface area contributed by atoms with Gasteiger partial charge in [-0.2, -0.15) is 0 Å². The first-order chi connectivity index (χ1) is 17.6. The van der Waals surface area contributed by atoms with E-state index >= 15 is 0 Å². The molecule has 1 aromatic carbocycles. The van der Waals surface area contributed by atoms with Crippen molar-refractivity contribution in [2.75, 3.05) is 6.61 Å². The van der Waals surface area contributed by atoms with Crippen molar-refractivity contribution < 1.29 is 9.13 Å². The summed E-state index contributed by atoms with van der Waals surface area (Å²) in [7, 11) is 0. The highest BCUT2D eigenvalue weighted by molar-refractivity contribution is 5.55. The fourth-order valence-corrected chi connectivity index (χ4v) is 4.58. The first-order valence-electron chi connectivity index (χ1n) is 14.8. The summed E-state index contributed by atoms with van der Waals surface area (Å²) < 4.78 is 19.9. The lowest BCUT2D eigenvalue weighted by atomic mass is 9.98. The van der Waals surface area contributed by atoms with Crippen molar-refractivity contribution in [3.05, 3.63) is 42.2 Å². The summed E-state index contributed by atoms with van der Waals surface area (Å²) in [6.07, 6.45) is 22.7. The van der Waals surface area contributed by atoms with Crippen molar-refractivity contribution in [1.82, 2.24) is 9.97 Å². The second-order valence-corrected chi connectivity index (χ2v) is 10.6. The molecule has 0 fully saturated rings. The second kappa shape index (κ2) is 19.2. The van der Waals surface area contributed by atoms with Crippen molar-refractivity contribution >= 4 is 0 Å². The van der Waals surface area contributed by atoms with Gasteiger partial charge < -0.3 is 4.74 Å². The molecule has 2 rings (SSSR count). The molecular weight excluding hydrogens is 447 g/mol. The number of ether oxygens (including phenoxy) is 1. The lowest BCUT2D eigenvalue weighted by Gasteiger charge is -2.14. The summed E-state index contributed by atoms with van der Waals surface area (Å²) in [4.78, 5) is 9.13. The summed E-state index contributed by atoms with van der Waals surface area (Å²) in [5, 5.41) is 0. The average molecular weight is 499 g/mol. The molecule has 0 radical (unpaired) electrons. The lowest BCUT2D eigenvalue weighted by molar-refractivity contribution is 0.178. The van der Waals surface area contributed by atoms with Gasteiger partial charge in [0.15, 0.2) is 5.82 Å². The van der Waals surface area contributed by atoms with E-state index in [2.05, 4.69) is 30.7 Å². The molecule has 0 saturated heterocycles. The third-order valence-corrected chi connectivity index (χ3v) is 7.09. The molecule has 4 heteroatoms. The number of hydrogen-bond donors (Lipinski definition) is 0. The van der Waals surface area contributed by atoms with Crippen molar-refractivity contribution in [2.24, 2.45) is 5.92 Å². The Morgan fingerprint density at radius 2 is 1.31 bits per heavy atom. The van der Waals surface area contributed by atoms with Gasteiger partial charge in [0.25, 0.3) is 0 Å². The molecule has 0 saturated carbocycles. The molecule has 0 spiro atoms. The Kier molecular flexibility index (Phi) is 16.1. The monoisotopic (exact) mass is 498 g/mol. The molecule has 0 bridgehead atoms. The van der Waals surface area contributed by atoms with Crippen molar-refractivity contribution in [3.8, 4) is 17.1 Å². The maximum absolute atomic E-state index is 14.2. The van der Waals surface area contributed by atoms with E-state index in [0.717, 1.165) is 24.2 Å². The zero-order chi connectivity index (χ0) is 25.8. The molecular formula is C32H51FN2O. The topological polar surface area (TPSA) is 35.0 Å². The van der Waals surface area contributed by atoms with E-state index in [1.165, 1.54) is 89.0 Å². The van der Waals surface area contributed by atoms with Gasteiger partial charge in [-0.25, -0.2) is 14.4 Å². The minimum atomic E-state index is -0.916. The molecule has 36 heavy (non-hydrogen) atoms. The van der Waals surface area contributed by atoms with Crippen molar-refractivity contribution in [1.29, 1.82) is 0 Å². The number of nitrogens with zero attached hydrogens (tertiary/aromatic N) is 2. The summed E-state index contributed by atoms with van der Waals surface area (Å²) in [6, 6.07) is 7.67.